The van der Waals surface area contributed by atoms with Gasteiger partial charge < -0.3 is 4.74 Å². The Balaban J connectivity index is 2.04. The molecule has 1 unspecified atom stereocenters. The standard InChI is InChI=1S/C15H16N4O/c1-20-12-7-5-11(6-8-12)15(18-16)13-10-17-19-9-3-2-4-14(13)19/h2-10,15,18H,16H2,1H3. The quantitative estimate of drug-likeness (QED) is 0.560. The molecule has 2 heterocycles. The molecule has 3 aromatic rings. The van der Waals surface area contributed by atoms with Crippen LogP contribution in [0.3, 0.4) is 0 Å². The number of nitrogens with zero attached hydrogens (tertiary/aromatic N) is 2. The Morgan fingerprint density at radius 1 is 1.20 bits per heavy atom. The first-order valence-electron chi connectivity index (χ1n) is 6.36. The highest BCUT2D eigenvalue weighted by molar-refractivity contribution is 5.57. The zero-order valence-corrected chi connectivity index (χ0v) is 11.2. The van der Waals surface area contributed by atoms with Crippen LogP contribution in [-0.4, -0.2) is 16.7 Å². The SMILES string of the molecule is COc1ccc(C(NN)c2cnn3ccccc23)cc1. The summed E-state index contributed by atoms with van der Waals surface area (Å²) in [5, 5.41) is 4.34. The molecule has 0 amide bonds. The zero-order chi connectivity index (χ0) is 13.9. The number of hydrogen-bond acceptors (Lipinski definition) is 4. The Labute approximate surface area is 116 Å². The van der Waals surface area contributed by atoms with Crippen molar-refractivity contribution >= 4 is 5.52 Å². The first kappa shape index (κ1) is 12.7. The van der Waals surface area contributed by atoms with Gasteiger partial charge in [0.1, 0.15) is 5.75 Å². The van der Waals surface area contributed by atoms with Gasteiger partial charge in [-0.15, -0.1) is 0 Å². The van der Waals surface area contributed by atoms with Crippen molar-refractivity contribution in [2.24, 2.45) is 5.84 Å². The number of aromatic nitrogens is 2. The Bertz CT molecular complexity index is 705. The van der Waals surface area contributed by atoms with Crippen LogP contribution in [0.5, 0.6) is 5.75 Å². The third kappa shape index (κ3) is 2.13. The predicted molar refractivity (Wildman–Crippen MR) is 77.4 cm³/mol. The molecule has 0 fully saturated rings. The highest BCUT2D eigenvalue weighted by Gasteiger charge is 2.16. The van der Waals surface area contributed by atoms with Crippen LogP contribution in [0.25, 0.3) is 5.52 Å². The first-order valence-corrected chi connectivity index (χ1v) is 6.36. The van der Waals surface area contributed by atoms with Gasteiger partial charge in [0.25, 0.3) is 0 Å². The summed E-state index contributed by atoms with van der Waals surface area (Å²) in [6, 6.07) is 13.7. The fourth-order valence-corrected chi connectivity index (χ4v) is 2.34. The third-order valence-electron chi connectivity index (χ3n) is 3.38. The van der Waals surface area contributed by atoms with E-state index in [4.69, 9.17) is 10.6 Å². The average Bonchev–Trinajstić information content (AvgIpc) is 2.93. The number of hydrazine groups is 1. The first-order chi connectivity index (χ1) is 9.83. The Kier molecular flexibility index (Phi) is 3.37. The lowest BCUT2D eigenvalue weighted by molar-refractivity contribution is 0.414. The maximum atomic E-state index is 5.74. The van der Waals surface area contributed by atoms with E-state index in [9.17, 15) is 0 Å². The molecule has 3 N–H and O–H groups in total. The minimum Gasteiger partial charge on any atom is -0.497 e. The van der Waals surface area contributed by atoms with Gasteiger partial charge in [-0.3, -0.25) is 5.84 Å². The Morgan fingerprint density at radius 3 is 2.70 bits per heavy atom. The van der Waals surface area contributed by atoms with Gasteiger partial charge in [0.2, 0.25) is 0 Å². The second kappa shape index (κ2) is 5.32. The maximum Gasteiger partial charge on any atom is 0.118 e. The molecule has 0 bridgehead atoms. The van der Waals surface area contributed by atoms with Crippen LogP contribution in [0, 0.1) is 0 Å². The molecular formula is C15H16N4O. The summed E-state index contributed by atoms with van der Waals surface area (Å²) in [7, 11) is 1.65. The van der Waals surface area contributed by atoms with Crippen molar-refractivity contribution in [3.05, 3.63) is 66.0 Å². The minimum atomic E-state index is -0.110. The van der Waals surface area contributed by atoms with Crippen LogP contribution < -0.4 is 16.0 Å². The van der Waals surface area contributed by atoms with E-state index in [1.807, 2.05) is 59.4 Å². The molecule has 0 radical (unpaired) electrons. The number of methoxy groups -OCH3 is 1. The number of nitrogens with two attached hydrogens (primary N) is 1. The topological polar surface area (TPSA) is 64.6 Å². The van der Waals surface area contributed by atoms with Gasteiger partial charge >= 0.3 is 0 Å². The number of nitrogens with one attached hydrogen (secondary N) is 1. The second-order valence-corrected chi connectivity index (χ2v) is 4.50. The van der Waals surface area contributed by atoms with Gasteiger partial charge in [0.05, 0.1) is 24.9 Å². The third-order valence-corrected chi connectivity index (χ3v) is 3.38. The smallest absolute Gasteiger partial charge is 0.118 e. The van der Waals surface area contributed by atoms with E-state index < -0.39 is 0 Å². The Morgan fingerprint density at radius 2 is 2.00 bits per heavy atom. The fourth-order valence-electron chi connectivity index (χ4n) is 2.34. The van der Waals surface area contributed by atoms with Crippen molar-refractivity contribution in [2.75, 3.05) is 7.11 Å². The van der Waals surface area contributed by atoms with Gasteiger partial charge in [0, 0.05) is 11.8 Å². The molecule has 2 aromatic heterocycles. The molecular weight excluding hydrogens is 252 g/mol. The predicted octanol–water partition coefficient (Wildman–Crippen LogP) is 1.90. The number of fused-ring (bicyclic) bond motifs is 1. The summed E-state index contributed by atoms with van der Waals surface area (Å²) in [5.74, 6) is 6.56. The summed E-state index contributed by atoms with van der Waals surface area (Å²) in [5.41, 5.74) is 5.99. The summed E-state index contributed by atoms with van der Waals surface area (Å²) in [6.45, 7) is 0. The van der Waals surface area contributed by atoms with Crippen LogP contribution in [0.15, 0.2) is 54.9 Å². The number of pyridine rings is 1. The lowest BCUT2D eigenvalue weighted by atomic mass is 10.0. The molecule has 20 heavy (non-hydrogen) atoms. The second-order valence-electron chi connectivity index (χ2n) is 4.50. The largest absolute Gasteiger partial charge is 0.497 e. The molecule has 5 heteroatoms. The van der Waals surface area contributed by atoms with Crippen LogP contribution in [0.1, 0.15) is 17.2 Å². The normalized spacial score (nSPS) is 12.5. The van der Waals surface area contributed by atoms with Gasteiger partial charge in [-0.2, -0.15) is 5.10 Å². The van der Waals surface area contributed by atoms with Crippen molar-refractivity contribution in [1.82, 2.24) is 15.0 Å². The van der Waals surface area contributed by atoms with Crippen LogP contribution in [-0.2, 0) is 0 Å². The summed E-state index contributed by atoms with van der Waals surface area (Å²) >= 11 is 0. The van der Waals surface area contributed by atoms with E-state index in [1.54, 1.807) is 7.11 Å². The molecule has 0 aliphatic heterocycles. The van der Waals surface area contributed by atoms with E-state index in [1.165, 1.54) is 0 Å². The molecule has 3 rings (SSSR count). The lowest BCUT2D eigenvalue weighted by Crippen LogP contribution is -2.28. The van der Waals surface area contributed by atoms with Gasteiger partial charge in [-0.05, 0) is 29.8 Å². The Hall–Kier alpha value is -2.37. The number of rotatable bonds is 4. The molecule has 1 aromatic carbocycles. The summed E-state index contributed by atoms with van der Waals surface area (Å²) < 4.78 is 7.01. The van der Waals surface area contributed by atoms with Crippen molar-refractivity contribution in [3.63, 3.8) is 0 Å². The van der Waals surface area contributed by atoms with Gasteiger partial charge in [-0.1, -0.05) is 18.2 Å². The van der Waals surface area contributed by atoms with Crippen molar-refractivity contribution in [2.45, 2.75) is 6.04 Å². The van der Waals surface area contributed by atoms with E-state index >= 15 is 0 Å². The molecule has 0 saturated carbocycles. The fraction of sp³-hybridized carbons (Fsp3) is 0.133. The molecule has 1 atom stereocenters. The highest BCUT2D eigenvalue weighted by atomic mass is 16.5. The molecule has 0 saturated heterocycles. The van der Waals surface area contributed by atoms with E-state index in [2.05, 4.69) is 10.5 Å². The molecule has 5 nitrogen and oxygen atoms in total. The summed E-state index contributed by atoms with van der Waals surface area (Å²) in [4.78, 5) is 0. The van der Waals surface area contributed by atoms with Crippen LogP contribution in [0.2, 0.25) is 0 Å². The van der Waals surface area contributed by atoms with Crippen LogP contribution >= 0.6 is 0 Å². The molecule has 0 spiro atoms. The zero-order valence-electron chi connectivity index (χ0n) is 11.2. The lowest BCUT2D eigenvalue weighted by Gasteiger charge is -2.15. The molecule has 0 aliphatic rings. The van der Waals surface area contributed by atoms with Gasteiger partial charge in [-0.25, -0.2) is 9.94 Å². The van der Waals surface area contributed by atoms with Gasteiger partial charge in [0.15, 0.2) is 0 Å². The molecule has 102 valence electrons. The minimum absolute atomic E-state index is 0.110. The number of ether oxygens (including phenoxy) is 1. The maximum absolute atomic E-state index is 5.74. The van der Waals surface area contributed by atoms with E-state index in [-0.39, 0.29) is 6.04 Å². The highest BCUT2D eigenvalue weighted by Crippen LogP contribution is 2.26. The number of benzene rings is 1. The van der Waals surface area contributed by atoms with E-state index in [0.717, 1.165) is 22.4 Å². The average molecular weight is 268 g/mol. The van der Waals surface area contributed by atoms with Crippen LogP contribution in [0.4, 0.5) is 0 Å². The monoisotopic (exact) mass is 268 g/mol. The van der Waals surface area contributed by atoms with Crippen molar-refractivity contribution in [1.29, 1.82) is 0 Å². The molecule has 0 aliphatic carbocycles. The summed E-state index contributed by atoms with van der Waals surface area (Å²) in [6.07, 6.45) is 3.75. The number of hydrogen-bond donors (Lipinski definition) is 2. The van der Waals surface area contributed by atoms with Crippen molar-refractivity contribution in [3.8, 4) is 5.75 Å². The van der Waals surface area contributed by atoms with Crippen molar-refractivity contribution < 1.29 is 4.74 Å². The van der Waals surface area contributed by atoms with E-state index in [0.29, 0.717) is 0 Å².